The lowest BCUT2D eigenvalue weighted by atomic mass is 10.2. The van der Waals surface area contributed by atoms with Gasteiger partial charge in [-0.25, -0.2) is 18.2 Å². The van der Waals surface area contributed by atoms with Gasteiger partial charge >= 0.3 is 6.03 Å². The number of aromatic amines is 1. The molecule has 8 heteroatoms. The van der Waals surface area contributed by atoms with E-state index in [4.69, 9.17) is 0 Å². The number of nitrogens with zero attached hydrogens (tertiary/aromatic N) is 2. The second kappa shape index (κ2) is 5.84. The molecule has 7 nitrogen and oxygen atoms in total. The van der Waals surface area contributed by atoms with Crippen LogP contribution >= 0.6 is 0 Å². The van der Waals surface area contributed by atoms with Crippen LogP contribution in [0, 0.1) is 6.92 Å². The zero-order valence-corrected chi connectivity index (χ0v) is 14.0. The zero-order valence-electron chi connectivity index (χ0n) is 13.2. The molecule has 1 aliphatic rings. The first kappa shape index (κ1) is 15.8. The van der Waals surface area contributed by atoms with Gasteiger partial charge in [-0.05, 0) is 38.5 Å². The molecule has 0 spiro atoms. The van der Waals surface area contributed by atoms with Gasteiger partial charge in [0.25, 0.3) is 0 Å². The molecule has 3 rings (SSSR count). The summed E-state index contributed by atoms with van der Waals surface area (Å²) in [6.45, 7) is 4.20. The van der Waals surface area contributed by atoms with Gasteiger partial charge in [-0.3, -0.25) is 0 Å². The van der Waals surface area contributed by atoms with Crippen LogP contribution < -0.4 is 5.32 Å². The molecule has 124 valence electrons. The van der Waals surface area contributed by atoms with Gasteiger partial charge in [0.1, 0.15) is 5.82 Å². The van der Waals surface area contributed by atoms with Crippen LogP contribution in [0.25, 0.3) is 11.0 Å². The number of benzene rings is 1. The van der Waals surface area contributed by atoms with Gasteiger partial charge in [0.15, 0.2) is 9.84 Å². The molecule has 1 aliphatic heterocycles. The molecule has 2 aromatic rings. The first-order valence-electron chi connectivity index (χ1n) is 7.62. The number of nitrogens with one attached hydrogen (secondary N) is 2. The van der Waals surface area contributed by atoms with E-state index in [1.165, 1.54) is 0 Å². The fourth-order valence-electron chi connectivity index (χ4n) is 3.00. The Balaban J connectivity index is 1.75. The Morgan fingerprint density at radius 3 is 2.91 bits per heavy atom. The second-order valence-electron chi connectivity index (χ2n) is 5.83. The standard InChI is InChI=1S/C15H20N4O3S/c1-3-19(12-6-7-23(21,22)9-12)15(20)18-11-4-5-13-14(8-11)17-10(2)16-13/h4-5,8,12H,3,6-7,9H2,1-2H3,(H,16,17)(H,18,20)/t12-/m0/s1. The molecular formula is C15H20N4O3S. The molecule has 0 unspecified atom stereocenters. The molecule has 1 aromatic carbocycles. The minimum Gasteiger partial charge on any atom is -0.342 e. The molecule has 0 saturated carbocycles. The van der Waals surface area contributed by atoms with E-state index in [0.29, 0.717) is 18.7 Å². The minimum atomic E-state index is -3.02. The van der Waals surface area contributed by atoms with E-state index in [0.717, 1.165) is 16.9 Å². The quantitative estimate of drug-likeness (QED) is 0.895. The van der Waals surface area contributed by atoms with Crippen LogP contribution in [0.5, 0.6) is 0 Å². The number of amides is 2. The summed E-state index contributed by atoms with van der Waals surface area (Å²) in [7, 11) is -3.02. The molecule has 23 heavy (non-hydrogen) atoms. The maximum absolute atomic E-state index is 12.5. The third-order valence-electron chi connectivity index (χ3n) is 4.10. The summed E-state index contributed by atoms with van der Waals surface area (Å²) in [5.41, 5.74) is 2.35. The third kappa shape index (κ3) is 3.31. The first-order valence-corrected chi connectivity index (χ1v) is 9.44. The lowest BCUT2D eigenvalue weighted by Gasteiger charge is -2.27. The largest absolute Gasteiger partial charge is 0.342 e. The second-order valence-corrected chi connectivity index (χ2v) is 8.06. The summed E-state index contributed by atoms with van der Waals surface area (Å²) in [5.74, 6) is 1.02. The Morgan fingerprint density at radius 1 is 1.48 bits per heavy atom. The zero-order chi connectivity index (χ0) is 16.6. The molecule has 1 saturated heterocycles. The van der Waals surface area contributed by atoms with Crippen molar-refractivity contribution >= 4 is 32.6 Å². The summed E-state index contributed by atoms with van der Waals surface area (Å²) in [5, 5.41) is 2.84. The van der Waals surface area contributed by atoms with E-state index in [2.05, 4.69) is 15.3 Å². The number of hydrogen-bond acceptors (Lipinski definition) is 4. The van der Waals surface area contributed by atoms with Gasteiger partial charge in [0, 0.05) is 18.3 Å². The van der Waals surface area contributed by atoms with Gasteiger partial charge in [-0.2, -0.15) is 0 Å². The smallest absolute Gasteiger partial charge is 0.322 e. The van der Waals surface area contributed by atoms with E-state index in [1.807, 2.05) is 26.0 Å². The van der Waals surface area contributed by atoms with Crippen molar-refractivity contribution in [3.8, 4) is 0 Å². The first-order chi connectivity index (χ1) is 10.9. The number of carbonyl (C=O) groups is 1. The molecule has 0 bridgehead atoms. The lowest BCUT2D eigenvalue weighted by Crippen LogP contribution is -2.43. The number of anilines is 1. The van der Waals surface area contributed by atoms with Crippen LogP contribution in [0.3, 0.4) is 0 Å². The molecule has 0 radical (unpaired) electrons. The number of fused-ring (bicyclic) bond motifs is 1. The highest BCUT2D eigenvalue weighted by Gasteiger charge is 2.33. The van der Waals surface area contributed by atoms with Crippen molar-refractivity contribution in [2.75, 3.05) is 23.4 Å². The Labute approximate surface area is 135 Å². The highest BCUT2D eigenvalue weighted by atomic mass is 32.2. The average molecular weight is 336 g/mol. The molecule has 2 N–H and O–H groups in total. The lowest BCUT2D eigenvalue weighted by molar-refractivity contribution is 0.197. The monoisotopic (exact) mass is 336 g/mol. The summed E-state index contributed by atoms with van der Waals surface area (Å²) < 4.78 is 23.2. The highest BCUT2D eigenvalue weighted by Crippen LogP contribution is 2.21. The van der Waals surface area contributed by atoms with Crippen LogP contribution in [0.15, 0.2) is 18.2 Å². The molecule has 1 atom stereocenters. The molecule has 1 fully saturated rings. The number of H-pyrrole nitrogens is 1. The molecule has 0 aliphatic carbocycles. The van der Waals surface area contributed by atoms with Crippen molar-refractivity contribution in [1.29, 1.82) is 0 Å². The van der Waals surface area contributed by atoms with Crippen LogP contribution in [-0.4, -0.2) is 53.4 Å². The van der Waals surface area contributed by atoms with Gasteiger partial charge in [-0.1, -0.05) is 0 Å². The third-order valence-corrected chi connectivity index (χ3v) is 5.85. The van der Waals surface area contributed by atoms with Crippen LogP contribution in [0.4, 0.5) is 10.5 Å². The number of aryl methyl sites for hydroxylation is 1. The van der Waals surface area contributed by atoms with E-state index >= 15 is 0 Å². The predicted molar refractivity (Wildman–Crippen MR) is 89.3 cm³/mol. The van der Waals surface area contributed by atoms with Crippen molar-refractivity contribution in [3.05, 3.63) is 24.0 Å². The number of imidazole rings is 1. The molecular weight excluding hydrogens is 316 g/mol. The number of carbonyl (C=O) groups excluding carboxylic acids is 1. The van der Waals surface area contributed by atoms with Gasteiger partial charge in [0.2, 0.25) is 0 Å². The van der Waals surface area contributed by atoms with Gasteiger partial charge < -0.3 is 15.2 Å². The van der Waals surface area contributed by atoms with E-state index in [9.17, 15) is 13.2 Å². The summed E-state index contributed by atoms with van der Waals surface area (Å²) in [4.78, 5) is 21.5. The Morgan fingerprint density at radius 2 is 2.26 bits per heavy atom. The highest BCUT2D eigenvalue weighted by molar-refractivity contribution is 7.91. The normalized spacial score (nSPS) is 19.8. The average Bonchev–Trinajstić information content (AvgIpc) is 3.00. The van der Waals surface area contributed by atoms with Crippen LogP contribution in [0.1, 0.15) is 19.2 Å². The topological polar surface area (TPSA) is 95.2 Å². The predicted octanol–water partition coefficient (Wildman–Crippen LogP) is 1.91. The van der Waals surface area contributed by atoms with E-state index < -0.39 is 9.84 Å². The Kier molecular flexibility index (Phi) is 4.01. The summed E-state index contributed by atoms with van der Waals surface area (Å²) in [6, 6.07) is 4.94. The van der Waals surface area contributed by atoms with Crippen molar-refractivity contribution < 1.29 is 13.2 Å². The maximum atomic E-state index is 12.5. The Hall–Kier alpha value is -2.09. The van der Waals surface area contributed by atoms with E-state index in [1.54, 1.807) is 11.0 Å². The SMILES string of the molecule is CCN(C(=O)Nc1ccc2nc(C)[nH]c2c1)[C@H]1CCS(=O)(=O)C1. The van der Waals surface area contributed by atoms with Crippen molar-refractivity contribution in [1.82, 2.24) is 14.9 Å². The number of urea groups is 1. The molecule has 1 aromatic heterocycles. The Bertz CT molecular complexity index is 844. The fourth-order valence-corrected chi connectivity index (χ4v) is 4.73. The van der Waals surface area contributed by atoms with Crippen LogP contribution in [0.2, 0.25) is 0 Å². The van der Waals surface area contributed by atoms with Crippen molar-refractivity contribution in [2.45, 2.75) is 26.3 Å². The molecule has 2 amide bonds. The van der Waals surface area contributed by atoms with Gasteiger partial charge in [-0.15, -0.1) is 0 Å². The number of rotatable bonds is 3. The summed E-state index contributed by atoms with van der Waals surface area (Å²) in [6.07, 6.45) is 0.502. The number of aromatic nitrogens is 2. The van der Waals surface area contributed by atoms with Crippen LogP contribution in [-0.2, 0) is 9.84 Å². The van der Waals surface area contributed by atoms with Gasteiger partial charge in [0.05, 0.1) is 22.5 Å². The summed E-state index contributed by atoms with van der Waals surface area (Å²) >= 11 is 0. The maximum Gasteiger partial charge on any atom is 0.322 e. The fraction of sp³-hybridized carbons (Fsp3) is 0.467. The number of sulfone groups is 1. The minimum absolute atomic E-state index is 0.0486. The van der Waals surface area contributed by atoms with Crippen molar-refractivity contribution in [3.63, 3.8) is 0 Å². The van der Waals surface area contributed by atoms with Crippen molar-refractivity contribution in [2.24, 2.45) is 0 Å². The van der Waals surface area contributed by atoms with E-state index in [-0.39, 0.29) is 23.6 Å². The number of hydrogen-bond donors (Lipinski definition) is 2. The molecule has 2 heterocycles.